The lowest BCUT2D eigenvalue weighted by atomic mass is 9.94. The third-order valence-corrected chi connectivity index (χ3v) is 10.5. The molecule has 0 unspecified atom stereocenters. The lowest BCUT2D eigenvalue weighted by molar-refractivity contribution is -0.142. The molecule has 0 aliphatic carbocycles. The molecule has 3 heterocycles. The van der Waals surface area contributed by atoms with Gasteiger partial charge in [0.05, 0.1) is 11.5 Å². The number of carbonyl (C=O) groups is 2. The van der Waals surface area contributed by atoms with Crippen LogP contribution in [-0.4, -0.2) is 72.5 Å². The highest BCUT2D eigenvalue weighted by atomic mass is 35.5. The molecule has 1 N–H and O–H groups in total. The second-order valence-corrected chi connectivity index (χ2v) is 13.7. The molecule has 2 aromatic rings. The number of nitrogens with zero attached hydrogens (tertiary/aromatic N) is 3. The van der Waals surface area contributed by atoms with E-state index in [1.165, 1.54) is 25.6 Å². The fraction of sp³-hybridized carbons (Fsp3) is 0.517. The molecule has 42 heavy (non-hydrogen) atoms. The quantitative estimate of drug-likeness (QED) is 0.478. The van der Waals surface area contributed by atoms with Crippen molar-refractivity contribution in [2.45, 2.75) is 50.9 Å². The van der Waals surface area contributed by atoms with Crippen LogP contribution < -0.4 is 5.32 Å². The molecule has 0 spiro atoms. The third kappa shape index (κ3) is 6.93. The number of amides is 2. The Kier molecular flexibility index (Phi) is 9.17. The second kappa shape index (κ2) is 12.5. The fourth-order valence-electron chi connectivity index (χ4n) is 5.97. The Morgan fingerprint density at radius 2 is 1.52 bits per heavy atom. The summed E-state index contributed by atoms with van der Waals surface area (Å²) >= 11 is 5.95. The summed E-state index contributed by atoms with van der Waals surface area (Å²) in [7, 11) is -3.70. The maximum atomic E-state index is 13.5. The maximum Gasteiger partial charge on any atom is 0.416 e. The summed E-state index contributed by atoms with van der Waals surface area (Å²) in [6.45, 7) is 1.72. The van der Waals surface area contributed by atoms with Gasteiger partial charge in [-0.3, -0.25) is 9.59 Å². The molecular formula is C29H34ClF3N4O4S. The van der Waals surface area contributed by atoms with Gasteiger partial charge >= 0.3 is 6.18 Å². The highest BCUT2D eigenvalue weighted by Gasteiger charge is 2.44. The number of carbonyl (C=O) groups excluding carboxylic acids is 2. The molecule has 3 aliphatic rings. The van der Waals surface area contributed by atoms with E-state index >= 15 is 0 Å². The predicted molar refractivity (Wildman–Crippen MR) is 151 cm³/mol. The molecule has 228 valence electrons. The smallest absolute Gasteiger partial charge is 0.350 e. The van der Waals surface area contributed by atoms with Crippen molar-refractivity contribution in [3.63, 3.8) is 0 Å². The van der Waals surface area contributed by atoms with Crippen molar-refractivity contribution in [2.75, 3.05) is 32.7 Å². The van der Waals surface area contributed by atoms with Gasteiger partial charge in [-0.25, -0.2) is 0 Å². The summed E-state index contributed by atoms with van der Waals surface area (Å²) in [6, 6.07) is 11.4. The Morgan fingerprint density at radius 3 is 2.19 bits per heavy atom. The molecule has 8 nitrogen and oxygen atoms in total. The zero-order valence-electron chi connectivity index (χ0n) is 23.0. The van der Waals surface area contributed by atoms with Crippen LogP contribution in [0.2, 0.25) is 5.02 Å². The number of likely N-dealkylation sites (tertiary alicyclic amines) is 1. The van der Waals surface area contributed by atoms with Crippen molar-refractivity contribution in [3.05, 3.63) is 70.2 Å². The second-order valence-electron chi connectivity index (χ2n) is 11.3. The molecule has 0 aromatic heterocycles. The van der Waals surface area contributed by atoms with Crippen LogP contribution in [0.5, 0.6) is 0 Å². The van der Waals surface area contributed by atoms with Crippen LogP contribution in [0.15, 0.2) is 48.5 Å². The first-order valence-electron chi connectivity index (χ1n) is 14.2. The Morgan fingerprint density at radius 1 is 0.881 bits per heavy atom. The number of halogens is 4. The zero-order chi connectivity index (χ0) is 30.1. The fourth-order valence-corrected chi connectivity index (χ4v) is 7.95. The van der Waals surface area contributed by atoms with Crippen molar-refractivity contribution in [3.8, 4) is 0 Å². The van der Waals surface area contributed by atoms with E-state index in [2.05, 4.69) is 5.32 Å². The minimum atomic E-state index is -4.43. The Hall–Kier alpha value is -2.67. The van der Waals surface area contributed by atoms with Crippen LogP contribution in [-0.2, 0) is 38.9 Å². The molecule has 3 aliphatic heterocycles. The summed E-state index contributed by atoms with van der Waals surface area (Å²) in [5.74, 6) is -0.919. The molecule has 5 rings (SSSR count). The van der Waals surface area contributed by atoms with Gasteiger partial charge in [-0.15, -0.1) is 0 Å². The topological polar surface area (TPSA) is 90.0 Å². The van der Waals surface area contributed by atoms with E-state index in [1.807, 2.05) is 24.3 Å². The van der Waals surface area contributed by atoms with Crippen LogP contribution in [0, 0.1) is 11.8 Å². The van der Waals surface area contributed by atoms with Crippen LogP contribution in [0.3, 0.4) is 0 Å². The number of alkyl halides is 3. The van der Waals surface area contributed by atoms with E-state index in [0.717, 1.165) is 24.1 Å². The number of hydrogen-bond donors (Lipinski definition) is 1. The van der Waals surface area contributed by atoms with E-state index in [0.29, 0.717) is 62.4 Å². The maximum absolute atomic E-state index is 13.5. The molecule has 0 radical (unpaired) electrons. The van der Waals surface area contributed by atoms with Crippen LogP contribution in [0.1, 0.15) is 42.4 Å². The van der Waals surface area contributed by atoms with Crippen molar-refractivity contribution < 1.29 is 31.2 Å². The first-order chi connectivity index (χ1) is 19.9. The summed E-state index contributed by atoms with van der Waals surface area (Å²) in [4.78, 5) is 28.0. The summed E-state index contributed by atoms with van der Waals surface area (Å²) in [6.07, 6.45) is -1.46. The van der Waals surface area contributed by atoms with Crippen molar-refractivity contribution in [1.29, 1.82) is 0 Å². The minimum Gasteiger partial charge on any atom is -0.350 e. The molecule has 0 saturated carbocycles. The Balaban J connectivity index is 1.13. The number of rotatable bonds is 8. The zero-order valence-corrected chi connectivity index (χ0v) is 24.6. The summed E-state index contributed by atoms with van der Waals surface area (Å²) in [5.41, 5.74) is 0.857. The number of piperidine rings is 1. The summed E-state index contributed by atoms with van der Waals surface area (Å²) in [5, 5.41) is 3.40. The van der Waals surface area contributed by atoms with Gasteiger partial charge in [0.25, 0.3) is 10.2 Å². The molecule has 2 amide bonds. The average Bonchev–Trinajstić information content (AvgIpc) is 3.44. The summed E-state index contributed by atoms with van der Waals surface area (Å²) < 4.78 is 68.0. The molecule has 2 aromatic carbocycles. The molecule has 3 fully saturated rings. The van der Waals surface area contributed by atoms with Crippen LogP contribution >= 0.6 is 11.6 Å². The predicted octanol–water partition coefficient (Wildman–Crippen LogP) is 4.10. The van der Waals surface area contributed by atoms with E-state index < -0.39 is 33.9 Å². The van der Waals surface area contributed by atoms with Crippen molar-refractivity contribution in [1.82, 2.24) is 18.8 Å². The molecule has 0 bridgehead atoms. The van der Waals surface area contributed by atoms with Gasteiger partial charge in [0.2, 0.25) is 11.8 Å². The van der Waals surface area contributed by atoms with Gasteiger partial charge in [-0.2, -0.15) is 30.2 Å². The van der Waals surface area contributed by atoms with Gasteiger partial charge in [0.1, 0.15) is 6.04 Å². The third-order valence-electron chi connectivity index (χ3n) is 8.33. The number of hydrogen-bond acceptors (Lipinski definition) is 4. The molecule has 2 atom stereocenters. The van der Waals surface area contributed by atoms with E-state index in [-0.39, 0.29) is 30.8 Å². The van der Waals surface area contributed by atoms with E-state index in [4.69, 9.17) is 11.6 Å². The average molecular weight is 627 g/mol. The number of nitrogens with one attached hydrogen (secondary N) is 1. The van der Waals surface area contributed by atoms with Gasteiger partial charge < -0.3 is 10.2 Å². The van der Waals surface area contributed by atoms with Crippen molar-refractivity contribution >= 4 is 33.6 Å². The van der Waals surface area contributed by atoms with E-state index in [1.54, 1.807) is 0 Å². The van der Waals surface area contributed by atoms with Gasteiger partial charge in [0, 0.05) is 44.3 Å². The molecule has 13 heteroatoms. The van der Waals surface area contributed by atoms with Gasteiger partial charge in [-0.05, 0) is 73.4 Å². The largest absolute Gasteiger partial charge is 0.416 e. The molecular weight excluding hydrogens is 593 g/mol. The van der Waals surface area contributed by atoms with Gasteiger partial charge in [-0.1, -0.05) is 35.9 Å². The first-order valence-corrected chi connectivity index (χ1v) is 15.9. The Bertz CT molecular complexity index is 1380. The highest BCUT2D eigenvalue weighted by Crippen LogP contribution is 2.31. The monoisotopic (exact) mass is 626 g/mol. The molecule has 3 saturated heterocycles. The highest BCUT2D eigenvalue weighted by molar-refractivity contribution is 7.86. The lowest BCUT2D eigenvalue weighted by Gasteiger charge is -2.43. The lowest BCUT2D eigenvalue weighted by Crippen LogP contribution is -2.58. The van der Waals surface area contributed by atoms with Crippen LogP contribution in [0.4, 0.5) is 13.2 Å². The van der Waals surface area contributed by atoms with Crippen LogP contribution in [0.25, 0.3) is 0 Å². The minimum absolute atomic E-state index is 0.0415. The first kappa shape index (κ1) is 30.8. The normalized spacial score (nSPS) is 22.6. The SMILES string of the molecule is O=C(NCc1ccc(C(F)(F)F)cc1)[C@H]1CCCN1C(=O)[C@H]1CCCN(S(=O)(=O)N2CC(Cc3ccc(Cl)cc3)C2)C1. The van der Waals surface area contributed by atoms with Crippen molar-refractivity contribution in [2.24, 2.45) is 11.8 Å². The Labute approximate surface area is 249 Å². The van der Waals surface area contributed by atoms with E-state index in [9.17, 15) is 31.2 Å². The standard InChI is InChI=1S/C29H34ClF3N4O4S/c30-25-11-7-20(8-12-25)15-22-17-36(18-22)42(40,41)35-13-1-3-23(19-35)28(39)37-14-2-4-26(37)27(38)34-16-21-5-9-24(10-6-21)29(31,32)33/h5-12,22-23,26H,1-4,13-19H2,(H,34,38)/t23-,26+/m0/s1. The van der Waals surface area contributed by atoms with Gasteiger partial charge in [0.15, 0.2) is 0 Å². The number of benzene rings is 2.